The van der Waals surface area contributed by atoms with E-state index in [4.69, 9.17) is 0 Å². The maximum atomic E-state index is 12.8. The minimum Gasteiger partial charge on any atom is -0.456 e. The van der Waals surface area contributed by atoms with Crippen LogP contribution in [0.3, 0.4) is 0 Å². The Morgan fingerprint density at radius 2 is 1.72 bits per heavy atom. The Hall–Kier alpha value is -1.93. The van der Waals surface area contributed by atoms with Crippen molar-refractivity contribution in [2.24, 2.45) is 11.8 Å². The van der Waals surface area contributed by atoms with Gasteiger partial charge < -0.3 is 10.1 Å². The standard InChI is InChI=1S/C17H24N2O5S/c1-12-8-13(2)10-19(9-12)25(22,23)16-6-4-15(5-7-16)18-17(21)11-24-14(3)20/h4-7,12-13H,8-11H2,1-3H3,(H,18,21)/t12-,13-/m1/s1. The summed E-state index contributed by atoms with van der Waals surface area (Å²) in [5.41, 5.74) is 0.441. The van der Waals surface area contributed by atoms with Crippen LogP contribution in [0.4, 0.5) is 5.69 Å². The third-order valence-electron chi connectivity index (χ3n) is 4.02. The molecule has 1 saturated heterocycles. The van der Waals surface area contributed by atoms with Gasteiger partial charge in [-0.15, -0.1) is 0 Å². The van der Waals surface area contributed by atoms with Gasteiger partial charge in [-0.25, -0.2) is 8.42 Å². The van der Waals surface area contributed by atoms with Crippen molar-refractivity contribution in [3.8, 4) is 0 Å². The normalized spacial score (nSPS) is 21.6. The molecule has 1 heterocycles. The first kappa shape index (κ1) is 19.4. The summed E-state index contributed by atoms with van der Waals surface area (Å²) >= 11 is 0. The highest BCUT2D eigenvalue weighted by atomic mass is 32.2. The molecule has 0 aliphatic carbocycles. The van der Waals surface area contributed by atoms with Crippen LogP contribution in [-0.2, 0) is 24.3 Å². The summed E-state index contributed by atoms with van der Waals surface area (Å²) in [5.74, 6) is -0.359. The molecule has 0 saturated carbocycles. The molecule has 1 aliphatic heterocycles. The zero-order valence-electron chi connectivity index (χ0n) is 14.7. The van der Waals surface area contributed by atoms with Crippen LogP contribution in [0.2, 0.25) is 0 Å². The molecule has 1 N–H and O–H groups in total. The first-order chi connectivity index (χ1) is 11.7. The molecule has 7 nitrogen and oxygen atoms in total. The highest BCUT2D eigenvalue weighted by molar-refractivity contribution is 7.89. The van der Waals surface area contributed by atoms with Crippen molar-refractivity contribution in [3.05, 3.63) is 24.3 Å². The highest BCUT2D eigenvalue weighted by Gasteiger charge is 2.31. The summed E-state index contributed by atoms with van der Waals surface area (Å²) in [5, 5.41) is 2.55. The molecule has 1 amide bonds. The molecule has 2 atom stereocenters. The Morgan fingerprint density at radius 3 is 2.24 bits per heavy atom. The lowest BCUT2D eigenvalue weighted by Crippen LogP contribution is -2.42. The molecule has 0 aromatic heterocycles. The van der Waals surface area contributed by atoms with E-state index < -0.39 is 21.9 Å². The number of rotatable bonds is 5. The molecule has 0 spiro atoms. The predicted octanol–water partition coefficient (Wildman–Crippen LogP) is 1.85. The Morgan fingerprint density at radius 1 is 1.16 bits per heavy atom. The topological polar surface area (TPSA) is 92.8 Å². The van der Waals surface area contributed by atoms with Crippen LogP contribution < -0.4 is 5.32 Å². The molecular weight excluding hydrogens is 344 g/mol. The van der Waals surface area contributed by atoms with Gasteiger partial charge >= 0.3 is 5.97 Å². The molecular formula is C17H24N2O5S. The number of esters is 1. The zero-order chi connectivity index (χ0) is 18.6. The van der Waals surface area contributed by atoms with Crippen LogP contribution in [-0.4, -0.2) is 44.3 Å². The van der Waals surface area contributed by atoms with Gasteiger partial charge in [-0.05, 0) is 42.5 Å². The van der Waals surface area contributed by atoms with Crippen molar-refractivity contribution >= 4 is 27.6 Å². The fourth-order valence-corrected chi connectivity index (χ4v) is 4.71. The summed E-state index contributed by atoms with van der Waals surface area (Å²) < 4.78 is 31.7. The monoisotopic (exact) mass is 368 g/mol. The smallest absolute Gasteiger partial charge is 0.303 e. The maximum Gasteiger partial charge on any atom is 0.303 e. The van der Waals surface area contributed by atoms with Gasteiger partial charge in [0.2, 0.25) is 10.0 Å². The third-order valence-corrected chi connectivity index (χ3v) is 5.86. The van der Waals surface area contributed by atoms with Gasteiger partial charge in [0.25, 0.3) is 5.91 Å². The van der Waals surface area contributed by atoms with Crippen LogP contribution in [0.1, 0.15) is 27.2 Å². The van der Waals surface area contributed by atoms with E-state index in [1.165, 1.54) is 35.5 Å². The van der Waals surface area contributed by atoms with E-state index >= 15 is 0 Å². The van der Waals surface area contributed by atoms with Gasteiger partial charge in [0, 0.05) is 25.7 Å². The van der Waals surface area contributed by atoms with Crippen molar-refractivity contribution in [1.29, 1.82) is 0 Å². The molecule has 1 aromatic carbocycles. The number of hydrogen-bond donors (Lipinski definition) is 1. The Labute approximate surface area is 148 Å². The summed E-state index contributed by atoms with van der Waals surface area (Å²) in [7, 11) is -3.54. The summed E-state index contributed by atoms with van der Waals surface area (Å²) in [4.78, 5) is 22.5. The average molecular weight is 368 g/mol. The van der Waals surface area contributed by atoms with Crippen LogP contribution in [0.25, 0.3) is 0 Å². The van der Waals surface area contributed by atoms with Gasteiger partial charge in [-0.1, -0.05) is 13.8 Å². The lowest BCUT2D eigenvalue weighted by atomic mass is 9.94. The number of nitrogens with one attached hydrogen (secondary N) is 1. The van der Waals surface area contributed by atoms with Gasteiger partial charge in [0.05, 0.1) is 4.90 Å². The molecule has 1 aliphatic rings. The largest absolute Gasteiger partial charge is 0.456 e. The minimum atomic E-state index is -3.54. The Bertz CT molecular complexity index is 720. The molecule has 0 unspecified atom stereocenters. The van der Waals surface area contributed by atoms with Crippen molar-refractivity contribution in [3.63, 3.8) is 0 Å². The number of hydrogen-bond acceptors (Lipinski definition) is 5. The van der Waals surface area contributed by atoms with Crippen LogP contribution >= 0.6 is 0 Å². The fraction of sp³-hybridized carbons (Fsp3) is 0.529. The van der Waals surface area contributed by atoms with Crippen molar-refractivity contribution in [1.82, 2.24) is 4.31 Å². The molecule has 138 valence electrons. The van der Waals surface area contributed by atoms with E-state index in [-0.39, 0.29) is 11.5 Å². The molecule has 25 heavy (non-hydrogen) atoms. The number of carbonyl (C=O) groups is 2. The number of amides is 1. The van der Waals surface area contributed by atoms with Crippen molar-refractivity contribution in [2.45, 2.75) is 32.1 Å². The fourth-order valence-electron chi connectivity index (χ4n) is 3.03. The number of piperidine rings is 1. The molecule has 2 rings (SSSR count). The first-order valence-corrected chi connectivity index (χ1v) is 9.66. The number of ether oxygens (including phenoxy) is 1. The van der Waals surface area contributed by atoms with Gasteiger partial charge in [0.1, 0.15) is 0 Å². The lowest BCUT2D eigenvalue weighted by molar-refractivity contribution is -0.144. The summed E-state index contributed by atoms with van der Waals surface area (Å²) in [6, 6.07) is 5.99. The molecule has 1 fully saturated rings. The van der Waals surface area contributed by atoms with Crippen LogP contribution in [0.15, 0.2) is 29.2 Å². The van der Waals surface area contributed by atoms with Gasteiger partial charge in [-0.2, -0.15) is 4.31 Å². The van der Waals surface area contributed by atoms with E-state index in [9.17, 15) is 18.0 Å². The first-order valence-electron chi connectivity index (χ1n) is 8.22. The molecule has 1 aromatic rings. The number of anilines is 1. The number of sulfonamides is 1. The second-order valence-electron chi connectivity index (χ2n) is 6.62. The minimum absolute atomic E-state index is 0.201. The third kappa shape index (κ3) is 5.27. The number of nitrogens with zero attached hydrogens (tertiary/aromatic N) is 1. The van der Waals surface area contributed by atoms with E-state index in [1.807, 2.05) is 0 Å². The van der Waals surface area contributed by atoms with Crippen LogP contribution in [0, 0.1) is 11.8 Å². The molecule has 8 heteroatoms. The highest BCUT2D eigenvalue weighted by Crippen LogP contribution is 2.27. The quantitative estimate of drug-likeness (QED) is 0.801. The number of carbonyl (C=O) groups excluding carboxylic acids is 2. The Balaban J connectivity index is 2.05. The average Bonchev–Trinajstić information content (AvgIpc) is 2.52. The number of benzene rings is 1. The Kier molecular flexibility index (Phi) is 6.18. The van der Waals surface area contributed by atoms with E-state index in [2.05, 4.69) is 23.9 Å². The van der Waals surface area contributed by atoms with E-state index in [0.717, 1.165) is 6.42 Å². The molecule has 0 bridgehead atoms. The SMILES string of the molecule is CC(=O)OCC(=O)Nc1ccc(S(=O)(=O)N2C[C@H](C)C[C@@H](C)C2)cc1. The summed E-state index contributed by atoms with van der Waals surface area (Å²) in [6.45, 7) is 6.00. The lowest BCUT2D eigenvalue weighted by Gasteiger charge is -2.34. The van der Waals surface area contributed by atoms with Crippen LogP contribution in [0.5, 0.6) is 0 Å². The molecule has 0 radical (unpaired) electrons. The predicted molar refractivity (Wildman–Crippen MR) is 93.4 cm³/mol. The second kappa shape index (κ2) is 7.97. The van der Waals surface area contributed by atoms with Crippen molar-refractivity contribution < 1.29 is 22.7 Å². The van der Waals surface area contributed by atoms with Gasteiger partial charge in [-0.3, -0.25) is 9.59 Å². The van der Waals surface area contributed by atoms with E-state index in [1.54, 1.807) is 0 Å². The van der Waals surface area contributed by atoms with E-state index in [0.29, 0.717) is 30.6 Å². The summed E-state index contributed by atoms with van der Waals surface area (Å²) in [6.07, 6.45) is 1.03. The second-order valence-corrected chi connectivity index (χ2v) is 8.56. The maximum absolute atomic E-state index is 12.8. The van der Waals surface area contributed by atoms with Gasteiger partial charge in [0.15, 0.2) is 6.61 Å². The van der Waals surface area contributed by atoms with Crippen molar-refractivity contribution in [2.75, 3.05) is 25.0 Å². The zero-order valence-corrected chi connectivity index (χ0v) is 15.5.